The largest absolute Gasteiger partial charge is 0.393 e. The highest BCUT2D eigenvalue weighted by Crippen LogP contribution is 2.27. The maximum Gasteiger partial charge on any atom is 0.0542 e. The van der Waals surface area contributed by atoms with Gasteiger partial charge in [-0.15, -0.1) is 0 Å². The lowest BCUT2D eigenvalue weighted by Gasteiger charge is -2.29. The van der Waals surface area contributed by atoms with Gasteiger partial charge in [0.15, 0.2) is 0 Å². The van der Waals surface area contributed by atoms with Crippen LogP contribution in [0.3, 0.4) is 0 Å². The van der Waals surface area contributed by atoms with Crippen LogP contribution in [0.2, 0.25) is 0 Å². The van der Waals surface area contributed by atoms with E-state index >= 15 is 0 Å². The van der Waals surface area contributed by atoms with Gasteiger partial charge < -0.3 is 5.11 Å². The third-order valence-electron chi connectivity index (χ3n) is 2.97. The second-order valence-electron chi connectivity index (χ2n) is 4.30. The molecule has 0 radical (unpaired) electrons. The van der Waals surface area contributed by atoms with E-state index in [1.165, 1.54) is 6.42 Å². The van der Waals surface area contributed by atoms with Gasteiger partial charge in [0.1, 0.15) is 0 Å². The molecule has 0 aromatic carbocycles. The summed E-state index contributed by atoms with van der Waals surface area (Å²) in [4.78, 5) is 0. The summed E-state index contributed by atoms with van der Waals surface area (Å²) in [6.07, 6.45) is 2.17. The quantitative estimate of drug-likeness (QED) is 0.675. The summed E-state index contributed by atoms with van der Waals surface area (Å²) in [6, 6.07) is 0. The molecule has 0 aliphatic carbocycles. The molecule has 1 N–H and O–H groups in total. The number of rotatable bonds is 5. The Hall–Kier alpha value is -0.0400. The summed E-state index contributed by atoms with van der Waals surface area (Å²) < 4.78 is 0. The molecule has 0 amide bonds. The molecule has 0 saturated carbocycles. The minimum absolute atomic E-state index is 0.151. The molecule has 0 aliphatic heterocycles. The summed E-state index contributed by atoms with van der Waals surface area (Å²) in [5, 5.41) is 9.56. The SMILES string of the molecule is CCCC(C(C)O)C(C)C(C)C. The Bertz CT molecular complexity index is 108. The van der Waals surface area contributed by atoms with Gasteiger partial charge in [0, 0.05) is 0 Å². The zero-order valence-corrected chi connectivity index (χ0v) is 9.17. The second-order valence-corrected chi connectivity index (χ2v) is 4.30. The van der Waals surface area contributed by atoms with Gasteiger partial charge in [-0.3, -0.25) is 0 Å². The van der Waals surface area contributed by atoms with Crippen molar-refractivity contribution < 1.29 is 5.11 Å². The Labute approximate surface area is 77.2 Å². The van der Waals surface area contributed by atoms with Gasteiger partial charge in [0.05, 0.1) is 6.10 Å². The fourth-order valence-corrected chi connectivity index (χ4v) is 1.77. The molecule has 0 bridgehead atoms. The highest BCUT2D eigenvalue weighted by Gasteiger charge is 2.23. The highest BCUT2D eigenvalue weighted by molar-refractivity contribution is 4.73. The van der Waals surface area contributed by atoms with Gasteiger partial charge in [-0.05, 0) is 31.1 Å². The van der Waals surface area contributed by atoms with Gasteiger partial charge >= 0.3 is 0 Å². The average Bonchev–Trinajstić information content (AvgIpc) is 1.98. The maximum atomic E-state index is 9.56. The van der Waals surface area contributed by atoms with Crippen molar-refractivity contribution in [3.05, 3.63) is 0 Å². The molecule has 0 rings (SSSR count). The smallest absolute Gasteiger partial charge is 0.0542 e. The van der Waals surface area contributed by atoms with Crippen molar-refractivity contribution in [1.29, 1.82) is 0 Å². The number of aliphatic hydroxyl groups is 1. The Morgan fingerprint density at radius 1 is 1.08 bits per heavy atom. The third kappa shape index (κ3) is 3.57. The molecule has 0 heterocycles. The normalized spacial score (nSPS) is 19.2. The lowest BCUT2D eigenvalue weighted by Crippen LogP contribution is -2.27. The summed E-state index contributed by atoms with van der Waals surface area (Å²) >= 11 is 0. The van der Waals surface area contributed by atoms with E-state index in [1.807, 2.05) is 6.92 Å². The van der Waals surface area contributed by atoms with E-state index in [1.54, 1.807) is 0 Å². The lowest BCUT2D eigenvalue weighted by molar-refractivity contribution is 0.0705. The van der Waals surface area contributed by atoms with E-state index in [-0.39, 0.29) is 6.10 Å². The van der Waals surface area contributed by atoms with Gasteiger partial charge in [-0.1, -0.05) is 34.1 Å². The Kier molecular flexibility index (Phi) is 5.56. The van der Waals surface area contributed by atoms with Crippen molar-refractivity contribution in [2.45, 2.75) is 53.6 Å². The number of hydrogen-bond donors (Lipinski definition) is 1. The van der Waals surface area contributed by atoms with E-state index in [4.69, 9.17) is 0 Å². The first-order chi connectivity index (χ1) is 5.50. The van der Waals surface area contributed by atoms with E-state index in [9.17, 15) is 5.11 Å². The molecule has 12 heavy (non-hydrogen) atoms. The van der Waals surface area contributed by atoms with Crippen LogP contribution in [0.15, 0.2) is 0 Å². The molecule has 0 fully saturated rings. The van der Waals surface area contributed by atoms with Gasteiger partial charge in [-0.2, -0.15) is 0 Å². The molecule has 1 heteroatoms. The van der Waals surface area contributed by atoms with Gasteiger partial charge in [-0.25, -0.2) is 0 Å². The minimum atomic E-state index is -0.151. The van der Waals surface area contributed by atoms with Crippen molar-refractivity contribution in [2.75, 3.05) is 0 Å². The Morgan fingerprint density at radius 3 is 1.83 bits per heavy atom. The Balaban J connectivity index is 4.09. The van der Waals surface area contributed by atoms with Crippen molar-refractivity contribution in [3.8, 4) is 0 Å². The van der Waals surface area contributed by atoms with Crippen LogP contribution in [0.1, 0.15) is 47.5 Å². The molecular weight excluding hydrogens is 148 g/mol. The van der Waals surface area contributed by atoms with Gasteiger partial charge in [0.25, 0.3) is 0 Å². The first-order valence-electron chi connectivity index (χ1n) is 5.18. The first kappa shape index (κ1) is 12.0. The van der Waals surface area contributed by atoms with Crippen LogP contribution in [0.5, 0.6) is 0 Å². The molecule has 3 atom stereocenters. The van der Waals surface area contributed by atoms with Crippen molar-refractivity contribution in [1.82, 2.24) is 0 Å². The molecule has 0 aliphatic rings. The monoisotopic (exact) mass is 172 g/mol. The summed E-state index contributed by atoms with van der Waals surface area (Å²) in [5.41, 5.74) is 0. The summed E-state index contributed by atoms with van der Waals surface area (Å²) in [7, 11) is 0. The van der Waals surface area contributed by atoms with Crippen LogP contribution in [-0.4, -0.2) is 11.2 Å². The van der Waals surface area contributed by atoms with E-state index < -0.39 is 0 Å². The van der Waals surface area contributed by atoms with Crippen molar-refractivity contribution in [3.63, 3.8) is 0 Å². The first-order valence-corrected chi connectivity index (χ1v) is 5.18. The third-order valence-corrected chi connectivity index (χ3v) is 2.97. The van der Waals surface area contributed by atoms with E-state index in [2.05, 4.69) is 27.7 Å². The molecular formula is C11H24O. The molecule has 0 aromatic rings. The van der Waals surface area contributed by atoms with Crippen LogP contribution in [-0.2, 0) is 0 Å². The molecule has 0 aromatic heterocycles. The van der Waals surface area contributed by atoms with Crippen molar-refractivity contribution in [2.24, 2.45) is 17.8 Å². The zero-order chi connectivity index (χ0) is 9.72. The number of aliphatic hydroxyl groups excluding tert-OH is 1. The topological polar surface area (TPSA) is 20.2 Å². The average molecular weight is 172 g/mol. The Morgan fingerprint density at radius 2 is 1.58 bits per heavy atom. The zero-order valence-electron chi connectivity index (χ0n) is 9.17. The summed E-state index contributed by atoms with van der Waals surface area (Å²) in [6.45, 7) is 10.8. The number of hydrogen-bond acceptors (Lipinski definition) is 1. The highest BCUT2D eigenvalue weighted by atomic mass is 16.3. The van der Waals surface area contributed by atoms with E-state index in [0.717, 1.165) is 6.42 Å². The predicted octanol–water partition coefficient (Wildman–Crippen LogP) is 3.08. The molecule has 0 saturated heterocycles. The van der Waals surface area contributed by atoms with Crippen LogP contribution < -0.4 is 0 Å². The molecule has 1 nitrogen and oxygen atoms in total. The fraction of sp³-hybridized carbons (Fsp3) is 1.00. The van der Waals surface area contributed by atoms with E-state index in [0.29, 0.717) is 17.8 Å². The van der Waals surface area contributed by atoms with Crippen LogP contribution in [0, 0.1) is 17.8 Å². The summed E-state index contributed by atoms with van der Waals surface area (Å²) in [5.74, 6) is 1.79. The standard InChI is InChI=1S/C11H24O/c1-6-7-11(10(5)12)9(4)8(2)3/h8-12H,6-7H2,1-5H3. The predicted molar refractivity (Wildman–Crippen MR) is 54.1 cm³/mol. The van der Waals surface area contributed by atoms with Gasteiger partial charge in [0.2, 0.25) is 0 Å². The maximum absolute atomic E-state index is 9.56. The molecule has 74 valence electrons. The molecule has 0 spiro atoms. The fourth-order valence-electron chi connectivity index (χ4n) is 1.77. The van der Waals surface area contributed by atoms with Crippen molar-refractivity contribution >= 4 is 0 Å². The minimum Gasteiger partial charge on any atom is -0.393 e. The molecule has 3 unspecified atom stereocenters. The second kappa shape index (κ2) is 5.58. The van der Waals surface area contributed by atoms with Crippen LogP contribution >= 0.6 is 0 Å². The van der Waals surface area contributed by atoms with Crippen LogP contribution in [0.4, 0.5) is 0 Å². The van der Waals surface area contributed by atoms with Crippen LogP contribution in [0.25, 0.3) is 0 Å². The lowest BCUT2D eigenvalue weighted by atomic mass is 9.79.